The normalized spacial score (nSPS) is 14.0. The number of fused-ring (bicyclic) bond motifs is 1. The zero-order valence-electron chi connectivity index (χ0n) is 17.0. The van der Waals surface area contributed by atoms with Crippen molar-refractivity contribution in [3.63, 3.8) is 0 Å². The number of ether oxygens (including phenoxy) is 1. The highest BCUT2D eigenvalue weighted by Crippen LogP contribution is 2.18. The Morgan fingerprint density at radius 2 is 2.07 bits per heavy atom. The van der Waals surface area contributed by atoms with Gasteiger partial charge in [0.2, 0.25) is 5.91 Å². The molecule has 1 aliphatic heterocycles. The molecule has 0 spiro atoms. The second kappa shape index (κ2) is 10.1. The Kier molecular flexibility index (Phi) is 7.24. The molecule has 0 bridgehead atoms. The fourth-order valence-electron chi connectivity index (χ4n) is 3.36. The molecule has 1 aromatic heterocycles. The van der Waals surface area contributed by atoms with Gasteiger partial charge in [0.15, 0.2) is 5.69 Å². The van der Waals surface area contributed by atoms with E-state index in [9.17, 15) is 9.59 Å². The SMILES string of the molecule is CCOc1ccc(C(C)NC(=O)CCCNC(=O)c2n[nH]c3c2CNCC3)cc1. The number of hydrogen-bond donors (Lipinski definition) is 4. The van der Waals surface area contributed by atoms with Crippen molar-refractivity contribution >= 4 is 11.8 Å². The fourth-order valence-corrected chi connectivity index (χ4v) is 3.36. The molecule has 0 fully saturated rings. The molecular weight excluding hydrogens is 370 g/mol. The molecule has 1 unspecified atom stereocenters. The first-order valence-electron chi connectivity index (χ1n) is 10.2. The number of H-pyrrole nitrogens is 1. The van der Waals surface area contributed by atoms with Gasteiger partial charge < -0.3 is 20.7 Å². The van der Waals surface area contributed by atoms with Crippen molar-refractivity contribution in [3.8, 4) is 5.75 Å². The predicted molar refractivity (Wildman–Crippen MR) is 110 cm³/mol. The molecule has 8 nitrogen and oxygen atoms in total. The van der Waals surface area contributed by atoms with Gasteiger partial charge in [-0.2, -0.15) is 5.10 Å². The number of carbonyl (C=O) groups excluding carboxylic acids is 2. The molecule has 3 rings (SSSR count). The highest BCUT2D eigenvalue weighted by atomic mass is 16.5. The first-order valence-corrected chi connectivity index (χ1v) is 10.2. The number of benzene rings is 1. The van der Waals surface area contributed by atoms with Gasteiger partial charge in [0, 0.05) is 43.7 Å². The van der Waals surface area contributed by atoms with Crippen molar-refractivity contribution in [2.24, 2.45) is 0 Å². The highest BCUT2D eigenvalue weighted by molar-refractivity contribution is 5.94. The number of amides is 2. The second-order valence-corrected chi connectivity index (χ2v) is 7.11. The summed E-state index contributed by atoms with van der Waals surface area (Å²) in [6.07, 6.45) is 1.77. The Labute approximate surface area is 170 Å². The average Bonchev–Trinajstić information content (AvgIpc) is 3.16. The van der Waals surface area contributed by atoms with E-state index in [0.717, 1.165) is 35.5 Å². The molecule has 2 amide bonds. The van der Waals surface area contributed by atoms with Crippen LogP contribution >= 0.6 is 0 Å². The first-order chi connectivity index (χ1) is 14.1. The van der Waals surface area contributed by atoms with Crippen LogP contribution < -0.4 is 20.7 Å². The zero-order chi connectivity index (χ0) is 20.6. The molecule has 8 heteroatoms. The number of nitrogens with zero attached hydrogens (tertiary/aromatic N) is 1. The van der Waals surface area contributed by atoms with E-state index in [1.807, 2.05) is 38.1 Å². The average molecular weight is 399 g/mol. The number of carbonyl (C=O) groups is 2. The van der Waals surface area contributed by atoms with Crippen molar-refractivity contribution in [1.29, 1.82) is 0 Å². The van der Waals surface area contributed by atoms with Gasteiger partial charge in [-0.05, 0) is 38.0 Å². The van der Waals surface area contributed by atoms with Gasteiger partial charge in [-0.3, -0.25) is 14.7 Å². The van der Waals surface area contributed by atoms with Crippen LogP contribution in [0, 0.1) is 0 Å². The third-order valence-electron chi connectivity index (χ3n) is 4.96. The predicted octanol–water partition coefficient (Wildman–Crippen LogP) is 1.84. The Morgan fingerprint density at radius 3 is 2.83 bits per heavy atom. The van der Waals surface area contributed by atoms with Crippen LogP contribution in [0.1, 0.15) is 60.0 Å². The van der Waals surface area contributed by atoms with E-state index >= 15 is 0 Å². The number of aromatic nitrogens is 2. The van der Waals surface area contributed by atoms with Crippen LogP contribution in [0.15, 0.2) is 24.3 Å². The molecular formula is C21H29N5O3. The van der Waals surface area contributed by atoms with Crippen LogP contribution in [0.25, 0.3) is 0 Å². The number of aromatic amines is 1. The Balaban J connectivity index is 1.38. The van der Waals surface area contributed by atoms with Crippen LogP contribution in [-0.4, -0.2) is 41.7 Å². The topological polar surface area (TPSA) is 108 Å². The largest absolute Gasteiger partial charge is 0.494 e. The third-order valence-corrected chi connectivity index (χ3v) is 4.96. The van der Waals surface area contributed by atoms with Gasteiger partial charge in [0.05, 0.1) is 12.6 Å². The minimum atomic E-state index is -0.200. The van der Waals surface area contributed by atoms with Crippen molar-refractivity contribution in [3.05, 3.63) is 46.8 Å². The van der Waals surface area contributed by atoms with Crippen LogP contribution in [0.2, 0.25) is 0 Å². The van der Waals surface area contributed by atoms with Gasteiger partial charge in [-0.1, -0.05) is 12.1 Å². The van der Waals surface area contributed by atoms with E-state index in [1.54, 1.807) is 0 Å². The van der Waals surface area contributed by atoms with Gasteiger partial charge in [0.25, 0.3) is 5.91 Å². The van der Waals surface area contributed by atoms with Crippen molar-refractivity contribution in [2.75, 3.05) is 19.7 Å². The molecule has 0 radical (unpaired) electrons. The zero-order valence-corrected chi connectivity index (χ0v) is 17.0. The Hall–Kier alpha value is -2.87. The summed E-state index contributed by atoms with van der Waals surface area (Å²) in [4.78, 5) is 24.5. The van der Waals surface area contributed by atoms with E-state index in [0.29, 0.717) is 38.2 Å². The lowest BCUT2D eigenvalue weighted by Gasteiger charge is -2.15. The third kappa shape index (κ3) is 5.57. The lowest BCUT2D eigenvalue weighted by Crippen LogP contribution is -2.30. The van der Waals surface area contributed by atoms with Crippen LogP contribution in [-0.2, 0) is 17.8 Å². The maximum Gasteiger partial charge on any atom is 0.272 e. The minimum absolute atomic E-state index is 0.0398. The van der Waals surface area contributed by atoms with E-state index in [-0.39, 0.29) is 17.9 Å². The van der Waals surface area contributed by atoms with Gasteiger partial charge in [-0.15, -0.1) is 0 Å². The summed E-state index contributed by atoms with van der Waals surface area (Å²) >= 11 is 0. The van der Waals surface area contributed by atoms with E-state index in [1.165, 1.54) is 0 Å². The summed E-state index contributed by atoms with van der Waals surface area (Å²) < 4.78 is 5.43. The Bertz CT molecular complexity index is 831. The monoisotopic (exact) mass is 399 g/mol. The van der Waals surface area contributed by atoms with Gasteiger partial charge >= 0.3 is 0 Å². The lowest BCUT2D eigenvalue weighted by molar-refractivity contribution is -0.121. The van der Waals surface area contributed by atoms with Crippen molar-refractivity contribution in [1.82, 2.24) is 26.1 Å². The number of nitrogens with one attached hydrogen (secondary N) is 4. The summed E-state index contributed by atoms with van der Waals surface area (Å²) in [7, 11) is 0. The molecule has 2 aromatic rings. The first kappa shape index (κ1) is 20.9. The smallest absolute Gasteiger partial charge is 0.272 e. The van der Waals surface area contributed by atoms with E-state index in [4.69, 9.17) is 4.74 Å². The van der Waals surface area contributed by atoms with Crippen molar-refractivity contribution < 1.29 is 14.3 Å². The summed E-state index contributed by atoms with van der Waals surface area (Å²) in [5.41, 5.74) is 3.43. The molecule has 29 heavy (non-hydrogen) atoms. The molecule has 0 aliphatic carbocycles. The van der Waals surface area contributed by atoms with Crippen LogP contribution in [0.5, 0.6) is 5.75 Å². The molecule has 2 heterocycles. The summed E-state index contributed by atoms with van der Waals surface area (Å²) in [5, 5.41) is 16.2. The number of rotatable bonds is 9. The van der Waals surface area contributed by atoms with Crippen LogP contribution in [0.4, 0.5) is 0 Å². The maximum absolute atomic E-state index is 12.3. The molecule has 156 valence electrons. The quantitative estimate of drug-likeness (QED) is 0.481. The maximum atomic E-state index is 12.3. The van der Waals surface area contributed by atoms with Crippen LogP contribution in [0.3, 0.4) is 0 Å². The lowest BCUT2D eigenvalue weighted by atomic mass is 10.1. The van der Waals surface area contributed by atoms with Crippen molar-refractivity contribution in [2.45, 2.75) is 45.7 Å². The van der Waals surface area contributed by atoms with Gasteiger partial charge in [0.1, 0.15) is 5.75 Å². The molecule has 4 N–H and O–H groups in total. The second-order valence-electron chi connectivity index (χ2n) is 7.11. The summed E-state index contributed by atoms with van der Waals surface area (Å²) in [6, 6.07) is 7.63. The molecule has 1 atom stereocenters. The molecule has 0 saturated carbocycles. The summed E-state index contributed by atoms with van der Waals surface area (Å²) in [5.74, 6) is 0.579. The molecule has 1 aromatic carbocycles. The standard InChI is InChI=1S/C21H29N5O3/c1-3-29-16-8-6-15(7-9-16)14(2)24-19(27)5-4-11-23-21(28)20-17-13-22-12-10-18(17)25-26-20/h6-9,14,22H,3-5,10-13H2,1-2H3,(H,23,28)(H,24,27)(H,25,26). The van der Waals surface area contributed by atoms with E-state index in [2.05, 4.69) is 26.1 Å². The Morgan fingerprint density at radius 1 is 1.28 bits per heavy atom. The van der Waals surface area contributed by atoms with Gasteiger partial charge in [-0.25, -0.2) is 0 Å². The minimum Gasteiger partial charge on any atom is -0.494 e. The highest BCUT2D eigenvalue weighted by Gasteiger charge is 2.21. The molecule has 1 aliphatic rings. The number of hydrogen-bond acceptors (Lipinski definition) is 5. The summed E-state index contributed by atoms with van der Waals surface area (Å²) in [6.45, 7) is 6.49. The molecule has 0 saturated heterocycles. The van der Waals surface area contributed by atoms with E-state index < -0.39 is 0 Å². The fraction of sp³-hybridized carbons (Fsp3) is 0.476.